The lowest BCUT2D eigenvalue weighted by atomic mass is 9.98. The highest BCUT2D eigenvalue weighted by Gasteiger charge is 2.30. The quantitative estimate of drug-likeness (QED) is 0.893. The number of likely N-dealkylation sites (tertiary alicyclic amines) is 1. The van der Waals surface area contributed by atoms with Crippen molar-refractivity contribution in [2.45, 2.75) is 64.0 Å². The summed E-state index contributed by atoms with van der Waals surface area (Å²) in [7, 11) is 0. The fourth-order valence-electron chi connectivity index (χ4n) is 3.61. The topological polar surface area (TPSA) is 71.3 Å². The highest BCUT2D eigenvalue weighted by Crippen LogP contribution is 2.39. The minimum absolute atomic E-state index is 0.0306. The molecule has 0 unspecified atom stereocenters. The lowest BCUT2D eigenvalue weighted by molar-refractivity contribution is 0.0812. The van der Waals surface area contributed by atoms with Crippen LogP contribution < -0.4 is 5.32 Å². The molecule has 1 aliphatic heterocycles. The number of benzene rings is 1. The van der Waals surface area contributed by atoms with Crippen LogP contribution in [0.5, 0.6) is 0 Å². The van der Waals surface area contributed by atoms with Crippen molar-refractivity contribution in [3.63, 3.8) is 0 Å². The van der Waals surface area contributed by atoms with Gasteiger partial charge in [0.1, 0.15) is 0 Å². The highest BCUT2D eigenvalue weighted by atomic mass is 16.5. The molecule has 1 saturated carbocycles. The monoisotopic (exact) mass is 368 g/mol. The van der Waals surface area contributed by atoms with E-state index in [1.807, 2.05) is 24.3 Å². The standard InChI is InChI=1S/C21H28N4O2/c1-21(2,3)25-11-9-17(10-12-25)22-19(26)16-6-4-5-15(13-16)18-23-20(27-24-18)14-7-8-14/h4-6,13-14,17H,7-12H2,1-3H3,(H,22,26). The molecule has 2 aliphatic rings. The number of rotatable bonds is 4. The third-order valence-corrected chi connectivity index (χ3v) is 5.53. The van der Waals surface area contributed by atoms with E-state index in [1.54, 1.807) is 0 Å². The molecule has 0 atom stereocenters. The SMILES string of the molecule is CC(C)(C)N1CCC(NC(=O)c2cccc(-c3noc(C4CC4)n3)c2)CC1. The molecule has 6 heteroatoms. The van der Waals surface area contributed by atoms with Crippen molar-refractivity contribution in [3.8, 4) is 11.4 Å². The summed E-state index contributed by atoms with van der Waals surface area (Å²) in [4.78, 5) is 19.7. The van der Waals surface area contributed by atoms with Crippen LogP contribution in [0.25, 0.3) is 11.4 Å². The number of aromatic nitrogens is 2. The van der Waals surface area contributed by atoms with Gasteiger partial charge >= 0.3 is 0 Å². The Balaban J connectivity index is 1.39. The summed E-state index contributed by atoms with van der Waals surface area (Å²) < 4.78 is 5.34. The molecule has 0 spiro atoms. The van der Waals surface area contributed by atoms with Crippen LogP contribution in [0.15, 0.2) is 28.8 Å². The Kier molecular flexibility index (Phi) is 4.76. The third-order valence-electron chi connectivity index (χ3n) is 5.53. The fraction of sp³-hybridized carbons (Fsp3) is 0.571. The molecule has 0 bridgehead atoms. The Morgan fingerprint density at radius 3 is 2.59 bits per heavy atom. The minimum Gasteiger partial charge on any atom is -0.349 e. The van der Waals surface area contributed by atoms with Gasteiger partial charge in [0.15, 0.2) is 0 Å². The van der Waals surface area contributed by atoms with E-state index in [9.17, 15) is 4.79 Å². The summed E-state index contributed by atoms with van der Waals surface area (Å²) in [5.74, 6) is 1.67. The van der Waals surface area contributed by atoms with E-state index in [0.717, 1.165) is 44.3 Å². The maximum atomic E-state index is 12.7. The van der Waals surface area contributed by atoms with Crippen LogP contribution in [0.3, 0.4) is 0 Å². The van der Waals surface area contributed by atoms with Crippen LogP contribution >= 0.6 is 0 Å². The normalized spacial score (nSPS) is 19.2. The van der Waals surface area contributed by atoms with E-state index >= 15 is 0 Å². The molecule has 2 fully saturated rings. The molecule has 1 aromatic carbocycles. The molecule has 2 heterocycles. The fourth-order valence-corrected chi connectivity index (χ4v) is 3.61. The lowest BCUT2D eigenvalue weighted by Crippen LogP contribution is -2.50. The molecule has 1 N–H and O–H groups in total. The van der Waals surface area contributed by atoms with Gasteiger partial charge in [0.2, 0.25) is 11.7 Å². The average Bonchev–Trinajstić information content (AvgIpc) is 3.38. The zero-order valence-electron chi connectivity index (χ0n) is 16.4. The Bertz CT molecular complexity index is 812. The molecule has 4 rings (SSSR count). The number of nitrogens with one attached hydrogen (secondary N) is 1. The van der Waals surface area contributed by atoms with Crippen molar-refractivity contribution in [1.82, 2.24) is 20.4 Å². The van der Waals surface area contributed by atoms with Crippen molar-refractivity contribution in [3.05, 3.63) is 35.7 Å². The Morgan fingerprint density at radius 1 is 1.19 bits per heavy atom. The van der Waals surface area contributed by atoms with Crippen molar-refractivity contribution in [2.24, 2.45) is 0 Å². The van der Waals surface area contributed by atoms with Crippen LogP contribution in [-0.2, 0) is 0 Å². The summed E-state index contributed by atoms with van der Waals surface area (Å²) in [5, 5.41) is 7.26. The molecule has 27 heavy (non-hydrogen) atoms. The van der Waals surface area contributed by atoms with Crippen molar-refractivity contribution < 1.29 is 9.32 Å². The average molecular weight is 368 g/mol. The largest absolute Gasteiger partial charge is 0.349 e. The Hall–Kier alpha value is -2.21. The predicted molar refractivity (Wildman–Crippen MR) is 104 cm³/mol. The first-order valence-electron chi connectivity index (χ1n) is 9.90. The van der Waals surface area contributed by atoms with Gasteiger partial charge in [0.25, 0.3) is 5.91 Å². The van der Waals surface area contributed by atoms with Gasteiger partial charge in [-0.15, -0.1) is 0 Å². The zero-order chi connectivity index (χ0) is 19.0. The van der Waals surface area contributed by atoms with E-state index in [0.29, 0.717) is 23.2 Å². The smallest absolute Gasteiger partial charge is 0.251 e. The minimum atomic E-state index is -0.0306. The van der Waals surface area contributed by atoms with Gasteiger partial charge in [-0.3, -0.25) is 9.69 Å². The van der Waals surface area contributed by atoms with Gasteiger partial charge in [-0.25, -0.2) is 0 Å². The number of hydrogen-bond donors (Lipinski definition) is 1. The number of carbonyl (C=O) groups is 1. The summed E-state index contributed by atoms with van der Waals surface area (Å²) in [5.41, 5.74) is 1.65. The summed E-state index contributed by atoms with van der Waals surface area (Å²) >= 11 is 0. The van der Waals surface area contributed by atoms with Gasteiger partial charge in [-0.1, -0.05) is 17.3 Å². The van der Waals surface area contributed by atoms with Gasteiger partial charge in [0.05, 0.1) is 0 Å². The second-order valence-corrected chi connectivity index (χ2v) is 8.72. The second-order valence-electron chi connectivity index (χ2n) is 8.72. The molecule has 1 aromatic heterocycles. The number of amides is 1. The molecule has 0 radical (unpaired) electrons. The maximum absolute atomic E-state index is 12.7. The lowest BCUT2D eigenvalue weighted by Gasteiger charge is -2.41. The van der Waals surface area contributed by atoms with Crippen molar-refractivity contribution >= 4 is 5.91 Å². The molecule has 2 aromatic rings. The summed E-state index contributed by atoms with van der Waals surface area (Å²) in [6.07, 6.45) is 4.22. The Morgan fingerprint density at radius 2 is 1.93 bits per heavy atom. The predicted octanol–water partition coefficient (Wildman–Crippen LogP) is 3.61. The van der Waals surface area contributed by atoms with Crippen LogP contribution in [-0.4, -0.2) is 45.6 Å². The van der Waals surface area contributed by atoms with E-state index in [-0.39, 0.29) is 17.5 Å². The van der Waals surface area contributed by atoms with Crippen LogP contribution in [0.4, 0.5) is 0 Å². The first-order chi connectivity index (χ1) is 12.9. The van der Waals surface area contributed by atoms with Crippen LogP contribution in [0.1, 0.15) is 68.6 Å². The highest BCUT2D eigenvalue weighted by molar-refractivity contribution is 5.95. The molecule has 144 valence electrons. The number of carbonyl (C=O) groups excluding carboxylic acids is 1. The number of nitrogens with zero attached hydrogens (tertiary/aromatic N) is 3. The van der Waals surface area contributed by atoms with Crippen LogP contribution in [0, 0.1) is 0 Å². The van der Waals surface area contributed by atoms with Gasteiger partial charge in [-0.2, -0.15) is 4.98 Å². The van der Waals surface area contributed by atoms with Gasteiger partial charge < -0.3 is 9.84 Å². The molecular formula is C21H28N4O2. The first kappa shape index (κ1) is 18.2. The molecule has 1 saturated heterocycles. The number of piperidine rings is 1. The molecule has 1 aliphatic carbocycles. The van der Waals surface area contributed by atoms with E-state index in [4.69, 9.17) is 4.52 Å². The Labute approximate surface area is 160 Å². The first-order valence-corrected chi connectivity index (χ1v) is 9.90. The zero-order valence-corrected chi connectivity index (χ0v) is 16.4. The molecule has 6 nitrogen and oxygen atoms in total. The van der Waals surface area contributed by atoms with Crippen molar-refractivity contribution in [2.75, 3.05) is 13.1 Å². The van der Waals surface area contributed by atoms with E-state index < -0.39 is 0 Å². The van der Waals surface area contributed by atoms with E-state index in [2.05, 4.69) is 41.1 Å². The number of hydrogen-bond acceptors (Lipinski definition) is 5. The third kappa shape index (κ3) is 4.21. The second kappa shape index (κ2) is 7.08. The maximum Gasteiger partial charge on any atom is 0.251 e. The van der Waals surface area contributed by atoms with Crippen LogP contribution in [0.2, 0.25) is 0 Å². The molecular weight excluding hydrogens is 340 g/mol. The van der Waals surface area contributed by atoms with Gasteiger partial charge in [0, 0.05) is 41.7 Å². The summed E-state index contributed by atoms with van der Waals surface area (Å²) in [6.45, 7) is 8.75. The van der Waals surface area contributed by atoms with E-state index in [1.165, 1.54) is 0 Å². The summed E-state index contributed by atoms with van der Waals surface area (Å²) in [6, 6.07) is 7.71. The molecule has 1 amide bonds. The van der Waals surface area contributed by atoms with Crippen molar-refractivity contribution in [1.29, 1.82) is 0 Å². The van der Waals surface area contributed by atoms with Gasteiger partial charge in [-0.05, 0) is 58.6 Å².